The van der Waals surface area contributed by atoms with Crippen molar-refractivity contribution in [2.45, 2.75) is 44.4 Å². The van der Waals surface area contributed by atoms with Gasteiger partial charge in [0.1, 0.15) is 0 Å². The zero-order chi connectivity index (χ0) is 14.5. The molecule has 2 aromatic rings. The summed E-state index contributed by atoms with van der Waals surface area (Å²) in [6.07, 6.45) is 7.37. The van der Waals surface area contributed by atoms with Crippen molar-refractivity contribution in [3.63, 3.8) is 0 Å². The van der Waals surface area contributed by atoms with Crippen LogP contribution in [0, 0.1) is 0 Å². The van der Waals surface area contributed by atoms with E-state index in [1.54, 1.807) is 11.1 Å². The second-order valence-corrected chi connectivity index (χ2v) is 6.22. The van der Waals surface area contributed by atoms with Crippen LogP contribution in [0.3, 0.4) is 0 Å². The standard InChI is InChI=1S/C20H25N/c21-13-5-4-8-18-11-12-19-10-9-17(15-20(18)19)14-16-6-2-1-3-7-16/h1-3,6-7,9-10,15,18H,4-5,8,11-14,21H2/t18-/m0/s1. The lowest BCUT2D eigenvalue weighted by Gasteiger charge is -2.13. The molecule has 0 fully saturated rings. The summed E-state index contributed by atoms with van der Waals surface area (Å²) in [6.45, 7) is 0.827. The van der Waals surface area contributed by atoms with Gasteiger partial charge in [-0.1, -0.05) is 55.0 Å². The molecule has 0 spiro atoms. The fourth-order valence-corrected chi connectivity index (χ4v) is 3.51. The van der Waals surface area contributed by atoms with E-state index in [1.807, 2.05) is 0 Å². The third-order valence-corrected chi connectivity index (χ3v) is 4.67. The largest absolute Gasteiger partial charge is 0.330 e. The summed E-state index contributed by atoms with van der Waals surface area (Å²) >= 11 is 0. The molecule has 1 aliphatic rings. The van der Waals surface area contributed by atoms with Crippen LogP contribution in [0.25, 0.3) is 0 Å². The summed E-state index contributed by atoms with van der Waals surface area (Å²) < 4.78 is 0. The molecule has 1 aliphatic carbocycles. The van der Waals surface area contributed by atoms with Crippen molar-refractivity contribution in [1.82, 2.24) is 0 Å². The number of nitrogens with two attached hydrogens (primary N) is 1. The van der Waals surface area contributed by atoms with E-state index in [1.165, 1.54) is 36.8 Å². The first-order chi connectivity index (χ1) is 10.4. The van der Waals surface area contributed by atoms with Crippen LogP contribution in [-0.2, 0) is 12.8 Å². The Kier molecular flexibility index (Phi) is 4.72. The van der Waals surface area contributed by atoms with Crippen molar-refractivity contribution >= 4 is 0 Å². The molecule has 1 atom stereocenters. The van der Waals surface area contributed by atoms with E-state index >= 15 is 0 Å². The van der Waals surface area contributed by atoms with E-state index < -0.39 is 0 Å². The Balaban J connectivity index is 1.72. The minimum Gasteiger partial charge on any atom is -0.330 e. The molecule has 1 heteroatoms. The average Bonchev–Trinajstić information content (AvgIpc) is 2.91. The van der Waals surface area contributed by atoms with Crippen molar-refractivity contribution < 1.29 is 0 Å². The van der Waals surface area contributed by atoms with E-state index in [0.717, 1.165) is 25.3 Å². The first-order valence-electron chi connectivity index (χ1n) is 8.22. The monoisotopic (exact) mass is 279 g/mol. The van der Waals surface area contributed by atoms with Crippen molar-refractivity contribution in [2.24, 2.45) is 5.73 Å². The summed E-state index contributed by atoms with van der Waals surface area (Å²) in [7, 11) is 0. The third kappa shape index (κ3) is 3.54. The quantitative estimate of drug-likeness (QED) is 0.777. The maximum Gasteiger partial charge on any atom is -0.00257 e. The molecule has 0 aromatic heterocycles. The highest BCUT2D eigenvalue weighted by molar-refractivity contribution is 5.40. The summed E-state index contributed by atoms with van der Waals surface area (Å²) in [5.74, 6) is 0.766. The number of aryl methyl sites for hydroxylation is 1. The van der Waals surface area contributed by atoms with Crippen LogP contribution < -0.4 is 5.73 Å². The zero-order valence-corrected chi connectivity index (χ0v) is 12.7. The number of hydrogen-bond acceptors (Lipinski definition) is 1. The Morgan fingerprint density at radius 3 is 2.62 bits per heavy atom. The smallest absolute Gasteiger partial charge is 0.00257 e. The van der Waals surface area contributed by atoms with Gasteiger partial charge in [0, 0.05) is 0 Å². The highest BCUT2D eigenvalue weighted by Gasteiger charge is 2.22. The van der Waals surface area contributed by atoms with Crippen molar-refractivity contribution in [3.05, 3.63) is 70.8 Å². The van der Waals surface area contributed by atoms with Gasteiger partial charge in [-0.2, -0.15) is 0 Å². The van der Waals surface area contributed by atoms with Gasteiger partial charge >= 0.3 is 0 Å². The summed E-state index contributed by atoms with van der Waals surface area (Å²) in [5.41, 5.74) is 11.7. The molecule has 1 nitrogen and oxygen atoms in total. The van der Waals surface area contributed by atoms with Crippen LogP contribution in [0.2, 0.25) is 0 Å². The Bertz CT molecular complexity index is 574. The number of hydrogen-bond donors (Lipinski definition) is 1. The number of rotatable bonds is 6. The fourth-order valence-electron chi connectivity index (χ4n) is 3.51. The Morgan fingerprint density at radius 1 is 0.952 bits per heavy atom. The lowest BCUT2D eigenvalue weighted by molar-refractivity contribution is 0.570. The molecule has 0 bridgehead atoms. The lowest BCUT2D eigenvalue weighted by Crippen LogP contribution is -2.01. The molecule has 110 valence electrons. The molecular formula is C20H25N. The molecule has 0 unspecified atom stereocenters. The summed E-state index contributed by atoms with van der Waals surface area (Å²) in [6, 6.07) is 17.9. The Hall–Kier alpha value is -1.60. The maximum absolute atomic E-state index is 5.62. The number of benzene rings is 2. The van der Waals surface area contributed by atoms with Crippen LogP contribution >= 0.6 is 0 Å². The SMILES string of the molecule is NCCCC[C@H]1CCc2ccc(Cc3ccccc3)cc21. The van der Waals surface area contributed by atoms with Crippen LogP contribution in [0.5, 0.6) is 0 Å². The highest BCUT2D eigenvalue weighted by Crippen LogP contribution is 2.37. The second-order valence-electron chi connectivity index (χ2n) is 6.22. The van der Waals surface area contributed by atoms with Crippen molar-refractivity contribution in [1.29, 1.82) is 0 Å². The fraction of sp³-hybridized carbons (Fsp3) is 0.400. The van der Waals surface area contributed by atoms with E-state index in [2.05, 4.69) is 48.5 Å². The molecule has 21 heavy (non-hydrogen) atoms. The topological polar surface area (TPSA) is 26.0 Å². The van der Waals surface area contributed by atoms with Gasteiger partial charge < -0.3 is 5.73 Å². The zero-order valence-electron chi connectivity index (χ0n) is 12.7. The molecule has 0 heterocycles. The van der Waals surface area contributed by atoms with E-state index in [0.29, 0.717) is 0 Å². The first-order valence-corrected chi connectivity index (χ1v) is 8.22. The van der Waals surface area contributed by atoms with Crippen LogP contribution in [0.4, 0.5) is 0 Å². The molecule has 2 aromatic carbocycles. The number of fused-ring (bicyclic) bond motifs is 1. The molecule has 0 saturated carbocycles. The predicted octanol–water partition coefficient (Wildman–Crippen LogP) is 4.44. The van der Waals surface area contributed by atoms with E-state index in [-0.39, 0.29) is 0 Å². The van der Waals surface area contributed by atoms with Crippen LogP contribution in [0.1, 0.15) is 53.9 Å². The van der Waals surface area contributed by atoms with Gasteiger partial charge in [-0.3, -0.25) is 0 Å². The van der Waals surface area contributed by atoms with Crippen molar-refractivity contribution in [2.75, 3.05) is 6.54 Å². The van der Waals surface area contributed by atoms with Crippen molar-refractivity contribution in [3.8, 4) is 0 Å². The Morgan fingerprint density at radius 2 is 1.81 bits per heavy atom. The van der Waals surface area contributed by atoms with Gasteiger partial charge in [-0.25, -0.2) is 0 Å². The van der Waals surface area contributed by atoms with Gasteiger partial charge in [-0.05, 0) is 66.8 Å². The van der Waals surface area contributed by atoms with Crippen LogP contribution in [0.15, 0.2) is 48.5 Å². The normalized spacial score (nSPS) is 16.9. The second kappa shape index (κ2) is 6.91. The Labute approximate surface area is 128 Å². The van der Waals surface area contributed by atoms with Gasteiger partial charge in [0.15, 0.2) is 0 Å². The maximum atomic E-state index is 5.62. The molecule has 0 aliphatic heterocycles. The van der Waals surface area contributed by atoms with Gasteiger partial charge in [0.2, 0.25) is 0 Å². The summed E-state index contributed by atoms with van der Waals surface area (Å²) in [5, 5.41) is 0. The average molecular weight is 279 g/mol. The highest BCUT2D eigenvalue weighted by atomic mass is 14.5. The lowest BCUT2D eigenvalue weighted by atomic mass is 9.93. The van der Waals surface area contributed by atoms with Gasteiger partial charge in [0.05, 0.1) is 0 Å². The molecule has 2 N–H and O–H groups in total. The summed E-state index contributed by atoms with van der Waals surface area (Å²) in [4.78, 5) is 0. The van der Waals surface area contributed by atoms with E-state index in [9.17, 15) is 0 Å². The predicted molar refractivity (Wildman–Crippen MR) is 89.7 cm³/mol. The van der Waals surface area contributed by atoms with Crippen LogP contribution in [-0.4, -0.2) is 6.54 Å². The molecule has 0 saturated heterocycles. The molecule has 3 rings (SSSR count). The van der Waals surface area contributed by atoms with Gasteiger partial charge in [0.25, 0.3) is 0 Å². The van der Waals surface area contributed by atoms with E-state index in [4.69, 9.17) is 5.73 Å². The molecule has 0 radical (unpaired) electrons. The third-order valence-electron chi connectivity index (χ3n) is 4.67. The minimum absolute atomic E-state index is 0.766. The first kappa shape index (κ1) is 14.3. The minimum atomic E-state index is 0.766. The number of unbranched alkanes of at least 4 members (excludes halogenated alkanes) is 1. The van der Waals surface area contributed by atoms with Gasteiger partial charge in [-0.15, -0.1) is 0 Å². The molecular weight excluding hydrogens is 254 g/mol. The molecule has 0 amide bonds.